The second kappa shape index (κ2) is 8.94. The van der Waals surface area contributed by atoms with Crippen molar-refractivity contribution in [3.8, 4) is 0 Å². The summed E-state index contributed by atoms with van der Waals surface area (Å²) in [6.07, 6.45) is 5.87. The minimum absolute atomic E-state index is 0. The predicted octanol–water partition coefficient (Wildman–Crippen LogP) is 4.30. The van der Waals surface area contributed by atoms with E-state index in [2.05, 4.69) is 52.0 Å². The van der Waals surface area contributed by atoms with Gasteiger partial charge < -0.3 is 5.11 Å². The first-order chi connectivity index (χ1) is 8.91. The maximum Gasteiger partial charge on any atom is 2.00 e. The SMILES string of the molecule is CC(C)c1ccc[cH-]1.CC([O-])=C1C=CC(C(C)C)=C1.[Fe+2]. The van der Waals surface area contributed by atoms with Gasteiger partial charge in [-0.2, -0.15) is 17.7 Å². The summed E-state index contributed by atoms with van der Waals surface area (Å²) in [4.78, 5) is 0. The molecular formula is C18H24FeO. The third kappa shape index (κ3) is 5.90. The van der Waals surface area contributed by atoms with Crippen molar-refractivity contribution in [2.24, 2.45) is 5.92 Å². The molecule has 20 heavy (non-hydrogen) atoms. The Morgan fingerprint density at radius 3 is 2.00 bits per heavy atom. The van der Waals surface area contributed by atoms with Crippen molar-refractivity contribution in [1.29, 1.82) is 0 Å². The average molecular weight is 312 g/mol. The Labute approximate surface area is 133 Å². The summed E-state index contributed by atoms with van der Waals surface area (Å²) in [5.74, 6) is 1.35. The molecule has 110 valence electrons. The third-order valence-electron chi connectivity index (χ3n) is 3.21. The van der Waals surface area contributed by atoms with Gasteiger partial charge in [0.2, 0.25) is 0 Å². The molecule has 0 atom stereocenters. The molecule has 0 bridgehead atoms. The monoisotopic (exact) mass is 312 g/mol. The average Bonchev–Trinajstić information content (AvgIpc) is 3.02. The fraction of sp³-hybridized carbons (Fsp3) is 0.389. The fourth-order valence-corrected chi connectivity index (χ4v) is 1.81. The Hall–Kier alpha value is -1.11. The van der Waals surface area contributed by atoms with Crippen molar-refractivity contribution in [2.45, 2.75) is 40.5 Å². The Bertz CT molecular complexity index is 470. The minimum Gasteiger partial charge on any atom is -0.875 e. The summed E-state index contributed by atoms with van der Waals surface area (Å²) in [5, 5.41) is 10.9. The van der Waals surface area contributed by atoms with Gasteiger partial charge in [-0.1, -0.05) is 52.8 Å². The predicted molar refractivity (Wildman–Crippen MR) is 80.9 cm³/mol. The molecule has 2 heteroatoms. The first-order valence-electron chi connectivity index (χ1n) is 6.91. The van der Waals surface area contributed by atoms with Crippen LogP contribution in [-0.2, 0) is 17.1 Å². The van der Waals surface area contributed by atoms with Gasteiger partial charge in [-0.15, -0.1) is 5.76 Å². The van der Waals surface area contributed by atoms with Gasteiger partial charge in [-0.3, -0.25) is 0 Å². The zero-order valence-electron chi connectivity index (χ0n) is 13.0. The number of hydrogen-bond donors (Lipinski definition) is 0. The number of hydrogen-bond acceptors (Lipinski definition) is 1. The van der Waals surface area contributed by atoms with Gasteiger partial charge >= 0.3 is 17.1 Å². The summed E-state index contributed by atoms with van der Waals surface area (Å²) in [7, 11) is 0. The molecule has 1 aliphatic carbocycles. The molecule has 2 rings (SSSR count). The van der Waals surface area contributed by atoms with E-state index in [4.69, 9.17) is 0 Å². The molecule has 1 aromatic rings. The molecule has 0 saturated carbocycles. The smallest absolute Gasteiger partial charge is 0.875 e. The number of allylic oxidation sites excluding steroid dienone is 6. The molecule has 0 radical (unpaired) electrons. The van der Waals surface area contributed by atoms with Crippen LogP contribution in [0.1, 0.15) is 46.1 Å². The van der Waals surface area contributed by atoms with Crippen molar-refractivity contribution in [3.05, 3.63) is 65.0 Å². The standard InChI is InChI=1S/C10H14O.C8H11.Fe/c1-7(2)9-4-5-10(6-9)8(3)11;1-7(2)8-5-3-4-6-8;/h4-7,11H,1-3H3;3-7H,1-2H3;/q;-1;+2/p-1. The van der Waals surface area contributed by atoms with E-state index in [9.17, 15) is 5.11 Å². The van der Waals surface area contributed by atoms with Gasteiger partial charge in [0, 0.05) is 0 Å². The fourth-order valence-electron chi connectivity index (χ4n) is 1.81. The van der Waals surface area contributed by atoms with Gasteiger partial charge in [0.25, 0.3) is 0 Å². The van der Waals surface area contributed by atoms with Crippen LogP contribution in [0, 0.1) is 5.92 Å². The van der Waals surface area contributed by atoms with Crippen LogP contribution in [-0.4, -0.2) is 0 Å². The van der Waals surface area contributed by atoms with Gasteiger partial charge in [0.05, 0.1) is 0 Å². The van der Waals surface area contributed by atoms with Crippen LogP contribution in [0.5, 0.6) is 0 Å². The molecule has 0 fully saturated rings. The third-order valence-corrected chi connectivity index (χ3v) is 3.21. The summed E-state index contributed by atoms with van der Waals surface area (Å²) >= 11 is 0. The van der Waals surface area contributed by atoms with E-state index < -0.39 is 0 Å². The zero-order chi connectivity index (χ0) is 14.4. The second-order valence-electron chi connectivity index (χ2n) is 5.52. The zero-order valence-corrected chi connectivity index (χ0v) is 14.1. The normalized spacial score (nSPS) is 15.7. The quantitative estimate of drug-likeness (QED) is 0.453. The molecule has 1 aliphatic rings. The Balaban J connectivity index is 0.000000359. The van der Waals surface area contributed by atoms with Crippen molar-refractivity contribution in [1.82, 2.24) is 0 Å². The van der Waals surface area contributed by atoms with E-state index in [0.29, 0.717) is 11.8 Å². The first-order valence-corrected chi connectivity index (χ1v) is 6.91. The summed E-state index contributed by atoms with van der Waals surface area (Å²) in [5.41, 5.74) is 3.51. The van der Waals surface area contributed by atoms with Gasteiger partial charge in [-0.05, 0) is 23.0 Å². The van der Waals surface area contributed by atoms with E-state index in [1.165, 1.54) is 11.1 Å². The van der Waals surface area contributed by atoms with Crippen LogP contribution in [0.15, 0.2) is 59.4 Å². The molecule has 0 spiro atoms. The second-order valence-corrected chi connectivity index (χ2v) is 5.52. The van der Waals surface area contributed by atoms with E-state index in [1.54, 1.807) is 6.92 Å². The van der Waals surface area contributed by atoms with Crippen LogP contribution < -0.4 is 5.11 Å². The van der Waals surface area contributed by atoms with Gasteiger partial charge in [0.15, 0.2) is 0 Å². The molecule has 1 aromatic carbocycles. The molecule has 0 heterocycles. The van der Waals surface area contributed by atoms with E-state index in [0.717, 1.165) is 5.57 Å². The molecule has 0 unspecified atom stereocenters. The Morgan fingerprint density at radius 1 is 1.10 bits per heavy atom. The topological polar surface area (TPSA) is 23.1 Å². The molecule has 0 aliphatic heterocycles. The molecule has 0 N–H and O–H groups in total. The molecule has 1 nitrogen and oxygen atoms in total. The Kier molecular flexibility index (Phi) is 8.45. The molecular weight excluding hydrogens is 288 g/mol. The number of rotatable bonds is 2. The van der Waals surface area contributed by atoms with Crippen molar-refractivity contribution in [2.75, 3.05) is 0 Å². The summed E-state index contributed by atoms with van der Waals surface area (Å²) < 4.78 is 0. The van der Waals surface area contributed by atoms with Gasteiger partial charge in [0.1, 0.15) is 0 Å². The van der Waals surface area contributed by atoms with Crippen LogP contribution >= 0.6 is 0 Å². The minimum atomic E-state index is 0. The van der Waals surface area contributed by atoms with Crippen LogP contribution in [0.25, 0.3) is 0 Å². The van der Waals surface area contributed by atoms with E-state index in [-0.39, 0.29) is 22.8 Å². The van der Waals surface area contributed by atoms with E-state index >= 15 is 0 Å². The van der Waals surface area contributed by atoms with Crippen LogP contribution in [0.2, 0.25) is 0 Å². The van der Waals surface area contributed by atoms with Crippen molar-refractivity contribution in [3.63, 3.8) is 0 Å². The summed E-state index contributed by atoms with van der Waals surface area (Å²) in [6, 6.07) is 8.47. The largest absolute Gasteiger partial charge is 2.00 e. The Morgan fingerprint density at radius 2 is 1.75 bits per heavy atom. The maximum absolute atomic E-state index is 10.9. The van der Waals surface area contributed by atoms with Crippen molar-refractivity contribution < 1.29 is 22.2 Å². The van der Waals surface area contributed by atoms with Gasteiger partial charge in [-0.25, -0.2) is 12.1 Å². The van der Waals surface area contributed by atoms with Crippen LogP contribution in [0.3, 0.4) is 0 Å². The maximum atomic E-state index is 10.9. The molecule has 0 saturated heterocycles. The van der Waals surface area contributed by atoms with E-state index in [1.807, 2.05) is 18.2 Å². The first kappa shape index (κ1) is 18.9. The molecule has 0 amide bonds. The molecule has 0 aromatic heterocycles. The van der Waals surface area contributed by atoms with Crippen molar-refractivity contribution >= 4 is 0 Å². The summed E-state index contributed by atoms with van der Waals surface area (Å²) in [6.45, 7) is 10.3. The van der Waals surface area contributed by atoms with Crippen LogP contribution in [0.4, 0.5) is 0 Å².